The van der Waals surface area contributed by atoms with Crippen LogP contribution in [0.25, 0.3) is 0 Å². The van der Waals surface area contributed by atoms with Crippen molar-refractivity contribution in [3.63, 3.8) is 0 Å². The number of methoxy groups -OCH3 is 1. The van der Waals surface area contributed by atoms with Crippen molar-refractivity contribution in [2.24, 2.45) is 5.92 Å². The monoisotopic (exact) mass is 280 g/mol. The Bertz CT molecular complexity index is 469. The summed E-state index contributed by atoms with van der Waals surface area (Å²) in [6.45, 7) is 3.75. The van der Waals surface area contributed by atoms with Gasteiger partial charge in [0.05, 0.1) is 26.1 Å². The van der Waals surface area contributed by atoms with Gasteiger partial charge in [0.1, 0.15) is 5.75 Å². The molecule has 0 aliphatic heterocycles. The zero-order valence-electron chi connectivity index (χ0n) is 12.0. The summed E-state index contributed by atoms with van der Waals surface area (Å²) in [7, 11) is 1.56. The zero-order chi connectivity index (χ0) is 15.1. The third-order valence-corrected chi connectivity index (χ3v) is 3.21. The largest absolute Gasteiger partial charge is 0.497 e. The van der Waals surface area contributed by atoms with Gasteiger partial charge in [-0.05, 0) is 30.5 Å². The summed E-state index contributed by atoms with van der Waals surface area (Å²) >= 11 is 0. The smallest absolute Gasteiger partial charge is 0.310 e. The normalized spacial score (nSPS) is 13.3. The number of hydrogen-bond donors (Lipinski definition) is 1. The van der Waals surface area contributed by atoms with Crippen LogP contribution in [-0.4, -0.2) is 30.8 Å². The van der Waals surface area contributed by atoms with Gasteiger partial charge in [-0.1, -0.05) is 19.1 Å². The molecule has 0 saturated heterocycles. The Balaban J connectivity index is 2.98. The number of ether oxygens (including phenoxy) is 2. The number of carboxylic acid groups (broad SMARTS) is 1. The van der Waals surface area contributed by atoms with E-state index in [1.165, 1.54) is 0 Å². The number of hydrogen-bond acceptors (Lipinski definition) is 4. The minimum absolute atomic E-state index is 0.236. The average Bonchev–Trinajstić information content (AvgIpc) is 2.44. The standard InChI is InChI=1S/C15H20O5/c1-4-20-15(18)13(9-14(16)17)10(2)11-6-5-7-12(8-11)19-3/h5-8,10,13H,4,9H2,1-3H3,(H,16,17)/t10-,13-/m1/s1. The molecule has 0 aliphatic rings. The molecule has 110 valence electrons. The second-order valence-electron chi connectivity index (χ2n) is 4.52. The van der Waals surface area contributed by atoms with Crippen LogP contribution in [0.4, 0.5) is 0 Å². The molecule has 0 heterocycles. The molecule has 0 saturated carbocycles. The maximum atomic E-state index is 11.9. The van der Waals surface area contributed by atoms with Crippen molar-refractivity contribution in [2.75, 3.05) is 13.7 Å². The van der Waals surface area contributed by atoms with Crippen LogP contribution in [0, 0.1) is 5.92 Å². The first kappa shape index (κ1) is 16.0. The number of benzene rings is 1. The summed E-state index contributed by atoms with van der Waals surface area (Å²) < 4.78 is 10.1. The molecule has 0 radical (unpaired) electrons. The van der Waals surface area contributed by atoms with Crippen molar-refractivity contribution in [1.82, 2.24) is 0 Å². The first-order chi connectivity index (χ1) is 9.49. The summed E-state index contributed by atoms with van der Waals surface area (Å²) in [4.78, 5) is 22.9. The molecule has 1 aromatic carbocycles. The van der Waals surface area contributed by atoms with Gasteiger partial charge in [-0.25, -0.2) is 0 Å². The number of carboxylic acids is 1. The van der Waals surface area contributed by atoms with Crippen LogP contribution in [-0.2, 0) is 14.3 Å². The molecule has 0 aliphatic carbocycles. The number of esters is 1. The van der Waals surface area contributed by atoms with Crippen LogP contribution in [0.5, 0.6) is 5.75 Å². The molecule has 2 atom stereocenters. The zero-order valence-corrected chi connectivity index (χ0v) is 12.0. The van der Waals surface area contributed by atoms with E-state index in [1.807, 2.05) is 19.1 Å². The molecular weight excluding hydrogens is 260 g/mol. The Labute approximate surface area is 118 Å². The van der Waals surface area contributed by atoms with E-state index >= 15 is 0 Å². The van der Waals surface area contributed by atoms with Gasteiger partial charge in [-0.3, -0.25) is 9.59 Å². The van der Waals surface area contributed by atoms with Gasteiger partial charge in [0.25, 0.3) is 0 Å². The minimum Gasteiger partial charge on any atom is -0.497 e. The van der Waals surface area contributed by atoms with Gasteiger partial charge in [0.15, 0.2) is 0 Å². The quantitative estimate of drug-likeness (QED) is 0.777. The third kappa shape index (κ3) is 4.26. The van der Waals surface area contributed by atoms with E-state index in [0.717, 1.165) is 5.56 Å². The summed E-state index contributed by atoms with van der Waals surface area (Å²) in [5.74, 6) is -1.80. The van der Waals surface area contributed by atoms with Gasteiger partial charge in [0.2, 0.25) is 0 Å². The van der Waals surface area contributed by atoms with Crippen molar-refractivity contribution >= 4 is 11.9 Å². The number of rotatable bonds is 7. The number of carbonyl (C=O) groups excluding carboxylic acids is 1. The van der Waals surface area contributed by atoms with Crippen LogP contribution in [0.15, 0.2) is 24.3 Å². The van der Waals surface area contributed by atoms with Gasteiger partial charge in [-0.15, -0.1) is 0 Å². The maximum absolute atomic E-state index is 11.9. The fourth-order valence-corrected chi connectivity index (χ4v) is 2.06. The van der Waals surface area contributed by atoms with Gasteiger partial charge >= 0.3 is 11.9 Å². The summed E-state index contributed by atoms with van der Waals surface area (Å²) in [6, 6.07) is 7.26. The Kier molecular flexibility index (Phi) is 6.03. The van der Waals surface area contributed by atoms with E-state index in [-0.39, 0.29) is 18.9 Å². The van der Waals surface area contributed by atoms with Gasteiger partial charge in [-0.2, -0.15) is 0 Å². The Morgan fingerprint density at radius 3 is 2.60 bits per heavy atom. The van der Waals surface area contributed by atoms with Crippen molar-refractivity contribution in [1.29, 1.82) is 0 Å². The summed E-state index contributed by atoms with van der Waals surface area (Å²) in [6.07, 6.45) is -0.253. The third-order valence-electron chi connectivity index (χ3n) is 3.21. The van der Waals surface area contributed by atoms with E-state index in [0.29, 0.717) is 5.75 Å². The molecule has 0 fully saturated rings. The van der Waals surface area contributed by atoms with Crippen LogP contribution in [0.1, 0.15) is 31.7 Å². The topological polar surface area (TPSA) is 72.8 Å². The lowest BCUT2D eigenvalue weighted by Gasteiger charge is -2.21. The molecule has 0 unspecified atom stereocenters. The molecule has 0 aromatic heterocycles. The molecule has 5 heteroatoms. The van der Waals surface area contributed by atoms with Crippen LogP contribution in [0.2, 0.25) is 0 Å². The van der Waals surface area contributed by atoms with E-state index in [2.05, 4.69) is 0 Å². The molecule has 1 N–H and O–H groups in total. The van der Waals surface area contributed by atoms with E-state index < -0.39 is 17.9 Å². The highest BCUT2D eigenvalue weighted by atomic mass is 16.5. The van der Waals surface area contributed by atoms with Crippen LogP contribution in [0.3, 0.4) is 0 Å². The number of aliphatic carboxylic acids is 1. The molecule has 0 amide bonds. The van der Waals surface area contributed by atoms with E-state index in [1.54, 1.807) is 26.2 Å². The van der Waals surface area contributed by atoms with Crippen LogP contribution < -0.4 is 4.74 Å². The summed E-state index contributed by atoms with van der Waals surface area (Å²) in [5, 5.41) is 8.97. The fraction of sp³-hybridized carbons (Fsp3) is 0.467. The highest BCUT2D eigenvalue weighted by Gasteiger charge is 2.30. The molecule has 1 rings (SSSR count). The SMILES string of the molecule is CCOC(=O)[C@H](CC(=O)O)[C@H](C)c1cccc(OC)c1. The predicted octanol–water partition coefficient (Wildman–Crippen LogP) is 2.45. The lowest BCUT2D eigenvalue weighted by Crippen LogP contribution is -2.26. The Morgan fingerprint density at radius 1 is 1.35 bits per heavy atom. The number of carbonyl (C=O) groups is 2. The molecule has 20 heavy (non-hydrogen) atoms. The second-order valence-corrected chi connectivity index (χ2v) is 4.52. The fourth-order valence-electron chi connectivity index (χ4n) is 2.06. The van der Waals surface area contributed by atoms with Crippen molar-refractivity contribution in [2.45, 2.75) is 26.2 Å². The Morgan fingerprint density at radius 2 is 2.05 bits per heavy atom. The van der Waals surface area contributed by atoms with Crippen molar-refractivity contribution in [3.05, 3.63) is 29.8 Å². The first-order valence-electron chi connectivity index (χ1n) is 6.52. The lowest BCUT2D eigenvalue weighted by atomic mass is 9.85. The maximum Gasteiger partial charge on any atom is 0.310 e. The highest BCUT2D eigenvalue weighted by molar-refractivity contribution is 5.80. The van der Waals surface area contributed by atoms with E-state index in [9.17, 15) is 9.59 Å². The summed E-state index contributed by atoms with van der Waals surface area (Å²) in [5.41, 5.74) is 0.851. The average molecular weight is 280 g/mol. The lowest BCUT2D eigenvalue weighted by molar-refractivity contribution is -0.153. The molecule has 5 nitrogen and oxygen atoms in total. The van der Waals surface area contributed by atoms with E-state index in [4.69, 9.17) is 14.6 Å². The van der Waals surface area contributed by atoms with Gasteiger partial charge < -0.3 is 14.6 Å². The van der Waals surface area contributed by atoms with Crippen molar-refractivity contribution in [3.8, 4) is 5.75 Å². The molecule has 1 aromatic rings. The predicted molar refractivity (Wildman–Crippen MR) is 73.8 cm³/mol. The molecular formula is C15H20O5. The molecule has 0 bridgehead atoms. The van der Waals surface area contributed by atoms with Crippen molar-refractivity contribution < 1.29 is 24.2 Å². The first-order valence-corrected chi connectivity index (χ1v) is 6.52. The molecule has 0 spiro atoms. The van der Waals surface area contributed by atoms with Gasteiger partial charge in [0, 0.05) is 0 Å². The highest BCUT2D eigenvalue weighted by Crippen LogP contribution is 2.30. The van der Waals surface area contributed by atoms with Crippen LogP contribution >= 0.6 is 0 Å². The second kappa shape index (κ2) is 7.53. The Hall–Kier alpha value is -2.04. The minimum atomic E-state index is -1.02.